The highest BCUT2D eigenvalue weighted by Gasteiger charge is 2.42. The normalized spacial score (nSPS) is 19.8. The number of ether oxygens (including phenoxy) is 4. The summed E-state index contributed by atoms with van der Waals surface area (Å²) in [7, 11) is 4.35. The van der Waals surface area contributed by atoms with Gasteiger partial charge in [0.05, 0.1) is 27.2 Å². The Balaban J connectivity index is 2.30. The highest BCUT2D eigenvalue weighted by molar-refractivity contribution is 5.77. The molecule has 0 radical (unpaired) electrons. The van der Waals surface area contributed by atoms with Crippen LogP contribution in [0.1, 0.15) is 32.3 Å². The minimum atomic E-state index is -0.610. The van der Waals surface area contributed by atoms with E-state index in [4.69, 9.17) is 18.9 Å². The number of carbonyl (C=O) groups is 2. The van der Waals surface area contributed by atoms with Gasteiger partial charge in [-0.2, -0.15) is 0 Å². The van der Waals surface area contributed by atoms with Crippen LogP contribution in [-0.2, 0) is 14.3 Å². The number of likely N-dealkylation sites (tertiary alicyclic amines) is 1. The summed E-state index contributed by atoms with van der Waals surface area (Å²) >= 11 is 0. The summed E-state index contributed by atoms with van der Waals surface area (Å²) < 4.78 is 20.8. The van der Waals surface area contributed by atoms with Crippen LogP contribution in [0.15, 0.2) is 12.3 Å². The first kappa shape index (κ1) is 19.8. The van der Waals surface area contributed by atoms with Crippen molar-refractivity contribution in [1.82, 2.24) is 9.88 Å². The summed E-state index contributed by atoms with van der Waals surface area (Å²) in [6.45, 7) is 5.95. The van der Waals surface area contributed by atoms with E-state index in [0.29, 0.717) is 18.2 Å². The molecule has 2 rings (SSSR count). The standard InChI is InChI=1S/C18H26N2O6/c1-18(2,3)26-17(22)20-9-12(13(10-20)16(21)25-6)11-7-14(23-4)15(24-5)19-8-11/h7-8,12-13H,9-10H2,1-6H3. The fourth-order valence-electron chi connectivity index (χ4n) is 2.96. The number of hydrogen-bond acceptors (Lipinski definition) is 7. The molecule has 1 aliphatic heterocycles. The molecular weight excluding hydrogens is 340 g/mol. The summed E-state index contributed by atoms with van der Waals surface area (Å²) in [6, 6.07) is 1.77. The maximum atomic E-state index is 12.4. The third-order valence-corrected chi connectivity index (χ3v) is 4.16. The molecule has 0 saturated carbocycles. The molecular formula is C18H26N2O6. The Morgan fingerprint density at radius 2 is 1.85 bits per heavy atom. The van der Waals surface area contributed by atoms with Gasteiger partial charge < -0.3 is 23.8 Å². The number of aromatic nitrogens is 1. The van der Waals surface area contributed by atoms with Crippen molar-refractivity contribution in [2.24, 2.45) is 5.92 Å². The molecule has 1 saturated heterocycles. The van der Waals surface area contributed by atoms with Crippen LogP contribution in [0.2, 0.25) is 0 Å². The number of carbonyl (C=O) groups excluding carboxylic acids is 2. The molecule has 2 unspecified atom stereocenters. The molecule has 26 heavy (non-hydrogen) atoms. The molecule has 8 nitrogen and oxygen atoms in total. The van der Waals surface area contributed by atoms with E-state index < -0.39 is 17.6 Å². The van der Waals surface area contributed by atoms with Gasteiger partial charge >= 0.3 is 12.1 Å². The molecule has 0 aromatic carbocycles. The first-order valence-corrected chi connectivity index (χ1v) is 8.33. The summed E-state index contributed by atoms with van der Waals surface area (Å²) in [5, 5.41) is 0. The zero-order chi connectivity index (χ0) is 19.5. The molecule has 1 amide bonds. The molecule has 1 fully saturated rings. The third-order valence-electron chi connectivity index (χ3n) is 4.16. The summed E-state index contributed by atoms with van der Waals surface area (Å²) in [6.07, 6.45) is 1.17. The van der Waals surface area contributed by atoms with Crippen molar-refractivity contribution in [2.45, 2.75) is 32.3 Å². The lowest BCUT2D eigenvalue weighted by molar-refractivity contribution is -0.145. The summed E-state index contributed by atoms with van der Waals surface area (Å²) in [5.41, 5.74) is 0.157. The number of amides is 1. The Bertz CT molecular complexity index is 670. The van der Waals surface area contributed by atoms with E-state index in [9.17, 15) is 9.59 Å². The van der Waals surface area contributed by atoms with Gasteiger partial charge in [-0.05, 0) is 32.4 Å². The largest absolute Gasteiger partial charge is 0.491 e. The second-order valence-electron chi connectivity index (χ2n) is 7.10. The highest BCUT2D eigenvalue weighted by Crippen LogP contribution is 2.37. The van der Waals surface area contributed by atoms with E-state index in [2.05, 4.69) is 4.98 Å². The van der Waals surface area contributed by atoms with E-state index in [1.807, 2.05) is 0 Å². The topological polar surface area (TPSA) is 87.2 Å². The minimum absolute atomic E-state index is 0.223. The molecule has 1 aromatic rings. The first-order chi connectivity index (χ1) is 12.2. The van der Waals surface area contributed by atoms with Crippen LogP contribution in [0.4, 0.5) is 4.79 Å². The number of esters is 1. The van der Waals surface area contributed by atoms with Crippen LogP contribution in [0.5, 0.6) is 11.6 Å². The first-order valence-electron chi connectivity index (χ1n) is 8.33. The number of nitrogens with zero attached hydrogens (tertiary/aromatic N) is 2. The number of pyridine rings is 1. The van der Waals surface area contributed by atoms with Crippen molar-refractivity contribution in [3.8, 4) is 11.6 Å². The predicted molar refractivity (Wildman–Crippen MR) is 93.4 cm³/mol. The van der Waals surface area contributed by atoms with Crippen molar-refractivity contribution in [3.63, 3.8) is 0 Å². The highest BCUT2D eigenvalue weighted by atomic mass is 16.6. The van der Waals surface area contributed by atoms with Gasteiger partial charge in [-0.1, -0.05) is 0 Å². The molecule has 0 bridgehead atoms. The molecule has 8 heteroatoms. The van der Waals surface area contributed by atoms with Crippen molar-refractivity contribution in [2.75, 3.05) is 34.4 Å². The fourth-order valence-corrected chi connectivity index (χ4v) is 2.96. The Morgan fingerprint density at radius 3 is 2.38 bits per heavy atom. The zero-order valence-electron chi connectivity index (χ0n) is 16.1. The molecule has 2 heterocycles. The molecule has 2 atom stereocenters. The second kappa shape index (κ2) is 7.80. The molecule has 1 aromatic heterocycles. The Labute approximate surface area is 153 Å². The van der Waals surface area contributed by atoms with Gasteiger partial charge in [-0.3, -0.25) is 4.79 Å². The molecule has 0 spiro atoms. The van der Waals surface area contributed by atoms with Crippen LogP contribution in [-0.4, -0.2) is 62.0 Å². The van der Waals surface area contributed by atoms with E-state index >= 15 is 0 Å². The monoisotopic (exact) mass is 366 g/mol. The van der Waals surface area contributed by atoms with Crippen molar-refractivity contribution < 1.29 is 28.5 Å². The second-order valence-corrected chi connectivity index (χ2v) is 7.10. The van der Waals surface area contributed by atoms with Gasteiger partial charge in [0, 0.05) is 25.2 Å². The van der Waals surface area contributed by atoms with Crippen LogP contribution < -0.4 is 9.47 Å². The minimum Gasteiger partial charge on any atom is -0.491 e. The smallest absolute Gasteiger partial charge is 0.410 e. The fraction of sp³-hybridized carbons (Fsp3) is 0.611. The SMILES string of the molecule is COC(=O)C1CN(C(=O)OC(C)(C)C)CC1c1cnc(OC)c(OC)c1. The van der Waals surface area contributed by atoms with Crippen LogP contribution in [0.3, 0.4) is 0 Å². The number of rotatable bonds is 4. The van der Waals surface area contributed by atoms with E-state index in [0.717, 1.165) is 5.56 Å². The quantitative estimate of drug-likeness (QED) is 0.755. The van der Waals surface area contributed by atoms with Crippen LogP contribution >= 0.6 is 0 Å². The predicted octanol–water partition coefficient (Wildman–Crippen LogP) is 2.22. The van der Waals surface area contributed by atoms with Gasteiger partial charge in [0.25, 0.3) is 5.88 Å². The van der Waals surface area contributed by atoms with Crippen molar-refractivity contribution in [1.29, 1.82) is 0 Å². The Morgan fingerprint density at radius 1 is 1.15 bits per heavy atom. The molecule has 0 N–H and O–H groups in total. The Kier molecular flexibility index (Phi) is 5.94. The van der Waals surface area contributed by atoms with E-state index in [1.54, 1.807) is 33.0 Å². The number of methoxy groups -OCH3 is 3. The van der Waals surface area contributed by atoms with Crippen LogP contribution in [0, 0.1) is 5.92 Å². The maximum absolute atomic E-state index is 12.4. The van der Waals surface area contributed by atoms with E-state index in [1.165, 1.54) is 26.2 Å². The molecule has 0 aliphatic carbocycles. The van der Waals surface area contributed by atoms with Gasteiger partial charge in [-0.15, -0.1) is 0 Å². The summed E-state index contributed by atoms with van der Waals surface area (Å²) in [4.78, 5) is 30.4. The average Bonchev–Trinajstić information content (AvgIpc) is 3.04. The average molecular weight is 366 g/mol. The lowest BCUT2D eigenvalue weighted by Gasteiger charge is -2.24. The van der Waals surface area contributed by atoms with Crippen LogP contribution in [0.25, 0.3) is 0 Å². The van der Waals surface area contributed by atoms with Crippen molar-refractivity contribution >= 4 is 12.1 Å². The lowest BCUT2D eigenvalue weighted by atomic mass is 9.90. The third kappa shape index (κ3) is 4.36. The van der Waals surface area contributed by atoms with Gasteiger partial charge in [-0.25, -0.2) is 9.78 Å². The maximum Gasteiger partial charge on any atom is 0.410 e. The zero-order valence-corrected chi connectivity index (χ0v) is 16.1. The summed E-state index contributed by atoms with van der Waals surface area (Å²) in [5.74, 6) is -0.345. The van der Waals surface area contributed by atoms with Gasteiger partial charge in [0.15, 0.2) is 5.75 Å². The van der Waals surface area contributed by atoms with Gasteiger partial charge in [0.1, 0.15) is 5.60 Å². The molecule has 144 valence electrons. The molecule has 1 aliphatic rings. The lowest BCUT2D eigenvalue weighted by Crippen LogP contribution is -2.36. The number of hydrogen-bond donors (Lipinski definition) is 0. The Hall–Kier alpha value is -2.51. The van der Waals surface area contributed by atoms with Crippen molar-refractivity contribution in [3.05, 3.63) is 17.8 Å². The van der Waals surface area contributed by atoms with E-state index in [-0.39, 0.29) is 18.4 Å². The van der Waals surface area contributed by atoms with Gasteiger partial charge in [0.2, 0.25) is 0 Å².